The summed E-state index contributed by atoms with van der Waals surface area (Å²) in [5.41, 5.74) is 5.18. The molecular formula is C21H16N2O. The van der Waals surface area contributed by atoms with Crippen LogP contribution < -0.4 is 0 Å². The second kappa shape index (κ2) is 4.48. The summed E-state index contributed by atoms with van der Waals surface area (Å²) in [7, 11) is 4.10. The molecule has 3 nitrogen and oxygen atoms in total. The average Bonchev–Trinajstić information content (AvgIpc) is 3.08. The van der Waals surface area contributed by atoms with Gasteiger partial charge in [-0.2, -0.15) is 0 Å². The van der Waals surface area contributed by atoms with E-state index in [2.05, 4.69) is 46.5 Å². The third-order valence-corrected chi connectivity index (χ3v) is 5.22. The lowest BCUT2D eigenvalue weighted by molar-refractivity contribution is 0.112. The van der Waals surface area contributed by atoms with E-state index in [4.69, 9.17) is 0 Å². The maximum absolute atomic E-state index is 12.1. The largest absolute Gasteiger partial charge is 0.344 e. The number of carbonyl (C=O) groups is 1. The summed E-state index contributed by atoms with van der Waals surface area (Å²) in [4.78, 5) is 12.1. The SMILES string of the molecule is Cn1c2ccccc2c2c(C=O)c3c(cc21)c1ccccc1n3C. The van der Waals surface area contributed by atoms with Gasteiger partial charge in [-0.25, -0.2) is 0 Å². The van der Waals surface area contributed by atoms with Crippen molar-refractivity contribution in [3.8, 4) is 0 Å². The Labute approximate surface area is 138 Å². The van der Waals surface area contributed by atoms with Crippen LogP contribution in [0.2, 0.25) is 0 Å². The fourth-order valence-corrected chi connectivity index (χ4v) is 4.13. The third kappa shape index (κ3) is 1.44. The van der Waals surface area contributed by atoms with E-state index in [1.54, 1.807) is 0 Å². The van der Waals surface area contributed by atoms with Crippen LogP contribution >= 0.6 is 0 Å². The van der Waals surface area contributed by atoms with Crippen molar-refractivity contribution in [3.63, 3.8) is 0 Å². The molecule has 116 valence electrons. The third-order valence-electron chi connectivity index (χ3n) is 5.22. The lowest BCUT2D eigenvalue weighted by Gasteiger charge is -2.04. The Morgan fingerprint density at radius 2 is 1.38 bits per heavy atom. The molecule has 5 rings (SSSR count). The minimum atomic E-state index is 0.776. The second-order valence-electron chi connectivity index (χ2n) is 6.35. The molecule has 0 amide bonds. The van der Waals surface area contributed by atoms with Crippen LogP contribution in [0.4, 0.5) is 0 Å². The summed E-state index contributed by atoms with van der Waals surface area (Å²) in [6.07, 6.45) is 1.01. The predicted octanol–water partition coefficient (Wildman–Crippen LogP) is 4.79. The first kappa shape index (κ1) is 13.4. The van der Waals surface area contributed by atoms with Crippen molar-refractivity contribution in [1.29, 1.82) is 0 Å². The summed E-state index contributed by atoms with van der Waals surface area (Å²) in [5.74, 6) is 0. The van der Waals surface area contributed by atoms with E-state index >= 15 is 0 Å². The highest BCUT2D eigenvalue weighted by Crippen LogP contribution is 2.38. The van der Waals surface area contributed by atoms with E-state index in [9.17, 15) is 4.79 Å². The van der Waals surface area contributed by atoms with Gasteiger partial charge in [-0.1, -0.05) is 36.4 Å². The summed E-state index contributed by atoms with van der Waals surface area (Å²) in [6, 6.07) is 18.8. The summed E-state index contributed by atoms with van der Waals surface area (Å²) in [5, 5.41) is 4.49. The van der Waals surface area contributed by atoms with Crippen LogP contribution in [0, 0.1) is 0 Å². The Hall–Kier alpha value is -3.07. The van der Waals surface area contributed by atoms with Gasteiger partial charge in [0.2, 0.25) is 0 Å². The van der Waals surface area contributed by atoms with Crippen molar-refractivity contribution in [2.45, 2.75) is 0 Å². The van der Waals surface area contributed by atoms with Gasteiger partial charge < -0.3 is 9.13 Å². The zero-order valence-electron chi connectivity index (χ0n) is 13.6. The Bertz CT molecular complexity index is 1280. The van der Waals surface area contributed by atoms with Gasteiger partial charge in [0.25, 0.3) is 0 Å². The van der Waals surface area contributed by atoms with Gasteiger partial charge in [-0.05, 0) is 18.2 Å². The van der Waals surface area contributed by atoms with Crippen LogP contribution in [-0.4, -0.2) is 15.4 Å². The fourth-order valence-electron chi connectivity index (χ4n) is 4.13. The molecule has 0 saturated heterocycles. The number of hydrogen-bond donors (Lipinski definition) is 0. The molecule has 3 heteroatoms. The highest BCUT2D eigenvalue weighted by atomic mass is 16.1. The molecular weight excluding hydrogens is 296 g/mol. The van der Waals surface area contributed by atoms with Crippen LogP contribution in [-0.2, 0) is 14.1 Å². The van der Waals surface area contributed by atoms with E-state index in [0.29, 0.717) is 0 Å². The Morgan fingerprint density at radius 1 is 0.750 bits per heavy atom. The molecule has 0 radical (unpaired) electrons. The Balaban J connectivity index is 2.19. The molecule has 2 heterocycles. The zero-order valence-corrected chi connectivity index (χ0v) is 13.6. The van der Waals surface area contributed by atoms with Crippen molar-refractivity contribution < 1.29 is 4.79 Å². The number of para-hydroxylation sites is 2. The van der Waals surface area contributed by atoms with Crippen molar-refractivity contribution in [2.24, 2.45) is 14.1 Å². The number of nitrogens with zero attached hydrogens (tertiary/aromatic N) is 2. The van der Waals surface area contributed by atoms with Gasteiger partial charge >= 0.3 is 0 Å². The molecule has 0 saturated carbocycles. The topological polar surface area (TPSA) is 26.9 Å². The van der Waals surface area contributed by atoms with E-state index in [1.807, 2.05) is 31.3 Å². The van der Waals surface area contributed by atoms with Crippen molar-refractivity contribution >= 4 is 49.9 Å². The highest BCUT2D eigenvalue weighted by Gasteiger charge is 2.19. The van der Waals surface area contributed by atoms with E-state index < -0.39 is 0 Å². The standard InChI is InChI=1S/C21H16N2O/c1-22-18-10-6-4-8-14(18)20-16(12-24)21-15(11-19(20)22)13-7-3-5-9-17(13)23(21)2/h3-12H,1-2H3. The molecule has 5 aromatic rings. The molecule has 0 aliphatic carbocycles. The molecule has 2 aromatic heterocycles. The normalized spacial score (nSPS) is 11.9. The molecule has 0 N–H and O–H groups in total. The summed E-state index contributed by atoms with van der Waals surface area (Å²) in [6.45, 7) is 0. The number of rotatable bonds is 1. The van der Waals surface area contributed by atoms with E-state index in [0.717, 1.165) is 50.1 Å². The van der Waals surface area contributed by atoms with Crippen LogP contribution in [0.1, 0.15) is 10.4 Å². The summed E-state index contributed by atoms with van der Waals surface area (Å²) >= 11 is 0. The van der Waals surface area contributed by atoms with Crippen molar-refractivity contribution in [3.05, 3.63) is 60.2 Å². The predicted molar refractivity (Wildman–Crippen MR) is 99.8 cm³/mol. The number of hydrogen-bond acceptors (Lipinski definition) is 1. The molecule has 24 heavy (non-hydrogen) atoms. The Morgan fingerprint density at radius 3 is 2.08 bits per heavy atom. The molecule has 3 aromatic carbocycles. The van der Waals surface area contributed by atoms with Gasteiger partial charge in [0.1, 0.15) is 0 Å². The average molecular weight is 312 g/mol. The zero-order chi connectivity index (χ0) is 16.4. The molecule has 0 aliphatic rings. The monoisotopic (exact) mass is 312 g/mol. The van der Waals surface area contributed by atoms with Gasteiger partial charge in [-0.3, -0.25) is 4.79 Å². The number of aldehydes is 1. The first-order valence-corrected chi connectivity index (χ1v) is 8.05. The maximum Gasteiger partial charge on any atom is 0.152 e. The molecule has 0 aliphatic heterocycles. The fraction of sp³-hybridized carbons (Fsp3) is 0.0952. The number of carbonyl (C=O) groups excluding carboxylic acids is 1. The molecule has 0 atom stereocenters. The van der Waals surface area contributed by atoms with Crippen LogP contribution in [0.3, 0.4) is 0 Å². The van der Waals surface area contributed by atoms with E-state index in [1.165, 1.54) is 5.39 Å². The van der Waals surface area contributed by atoms with Gasteiger partial charge in [0, 0.05) is 52.2 Å². The number of benzene rings is 3. The maximum atomic E-state index is 12.1. The first-order chi connectivity index (χ1) is 11.7. The van der Waals surface area contributed by atoms with Crippen molar-refractivity contribution in [2.75, 3.05) is 0 Å². The Kier molecular flexibility index (Phi) is 2.50. The molecule has 0 bridgehead atoms. The smallest absolute Gasteiger partial charge is 0.152 e. The number of aryl methyl sites for hydroxylation is 2. The second-order valence-corrected chi connectivity index (χ2v) is 6.35. The lowest BCUT2D eigenvalue weighted by atomic mass is 10.0. The van der Waals surface area contributed by atoms with Crippen LogP contribution in [0.5, 0.6) is 0 Å². The number of fused-ring (bicyclic) bond motifs is 6. The minimum Gasteiger partial charge on any atom is -0.344 e. The van der Waals surface area contributed by atoms with Crippen molar-refractivity contribution in [1.82, 2.24) is 9.13 Å². The number of aromatic nitrogens is 2. The lowest BCUT2D eigenvalue weighted by Crippen LogP contribution is -1.94. The quantitative estimate of drug-likeness (QED) is 0.409. The van der Waals surface area contributed by atoms with Crippen LogP contribution in [0.15, 0.2) is 54.6 Å². The molecule has 0 fully saturated rings. The van der Waals surface area contributed by atoms with Crippen LogP contribution in [0.25, 0.3) is 43.6 Å². The van der Waals surface area contributed by atoms with Gasteiger partial charge in [0.05, 0.1) is 11.0 Å². The molecule has 0 unspecified atom stereocenters. The first-order valence-electron chi connectivity index (χ1n) is 8.05. The van der Waals surface area contributed by atoms with Gasteiger partial charge in [0.15, 0.2) is 6.29 Å². The molecule has 0 spiro atoms. The van der Waals surface area contributed by atoms with Gasteiger partial charge in [-0.15, -0.1) is 0 Å². The minimum absolute atomic E-state index is 0.776. The van der Waals surface area contributed by atoms with E-state index in [-0.39, 0.29) is 0 Å². The highest BCUT2D eigenvalue weighted by molar-refractivity contribution is 6.25. The summed E-state index contributed by atoms with van der Waals surface area (Å²) < 4.78 is 4.31.